The van der Waals surface area contributed by atoms with Crippen LogP contribution in [0.5, 0.6) is 11.5 Å². The quantitative estimate of drug-likeness (QED) is 0.154. The van der Waals surface area contributed by atoms with Gasteiger partial charge in [-0.15, -0.1) is 0 Å². The Morgan fingerprint density at radius 3 is 2.03 bits per heavy atom. The van der Waals surface area contributed by atoms with E-state index in [-0.39, 0.29) is 18.5 Å². The molecule has 200 valence electrons. The predicted octanol–water partition coefficient (Wildman–Crippen LogP) is 7.33. The fraction of sp³-hybridized carbons (Fsp3) is 0.613. The predicted molar refractivity (Wildman–Crippen MR) is 147 cm³/mol. The summed E-state index contributed by atoms with van der Waals surface area (Å²) in [7, 11) is 1.64. The number of hydrogen-bond acceptors (Lipinski definition) is 3. The summed E-state index contributed by atoms with van der Waals surface area (Å²) in [6.45, 7) is 5.01. The molecule has 1 heterocycles. The maximum Gasteiger partial charge on any atom is 0.233 e. The van der Waals surface area contributed by atoms with Gasteiger partial charge in [0.1, 0.15) is 0 Å². The van der Waals surface area contributed by atoms with E-state index in [1.165, 1.54) is 70.6 Å². The van der Waals surface area contributed by atoms with E-state index in [0.717, 1.165) is 24.2 Å². The van der Waals surface area contributed by atoms with Crippen LogP contribution in [0.25, 0.3) is 0 Å². The zero-order valence-corrected chi connectivity index (χ0v) is 23.0. The van der Waals surface area contributed by atoms with Crippen molar-refractivity contribution in [2.75, 3.05) is 13.7 Å². The van der Waals surface area contributed by atoms with Crippen molar-refractivity contribution in [2.24, 2.45) is 0 Å². The van der Waals surface area contributed by atoms with Gasteiger partial charge in [0.25, 0.3) is 0 Å². The molecule has 36 heavy (non-hydrogen) atoms. The number of pyridine rings is 1. The highest BCUT2D eigenvalue weighted by molar-refractivity contribution is 5.79. The van der Waals surface area contributed by atoms with Crippen molar-refractivity contribution in [2.45, 2.75) is 110 Å². The molecule has 0 saturated heterocycles. The van der Waals surface area contributed by atoms with Gasteiger partial charge in [-0.25, -0.2) is 0 Å². The molecule has 5 nitrogen and oxygen atoms in total. The Labute approximate surface area is 219 Å². The minimum absolute atomic E-state index is 0.0328. The van der Waals surface area contributed by atoms with Crippen molar-refractivity contribution in [1.29, 1.82) is 0 Å². The largest absolute Gasteiger partial charge is 0.493 e. The van der Waals surface area contributed by atoms with E-state index in [4.69, 9.17) is 9.47 Å². The van der Waals surface area contributed by atoms with E-state index in [0.29, 0.717) is 12.4 Å². The van der Waals surface area contributed by atoms with Crippen LogP contribution in [-0.2, 0) is 11.2 Å². The maximum absolute atomic E-state index is 12.8. The first-order valence-electron chi connectivity index (χ1n) is 14.2. The summed E-state index contributed by atoms with van der Waals surface area (Å²) >= 11 is 0. The van der Waals surface area contributed by atoms with Crippen LogP contribution in [0.2, 0.25) is 0 Å². The second kappa shape index (κ2) is 18.7. The summed E-state index contributed by atoms with van der Waals surface area (Å²) in [6.07, 6.45) is 20.8. The number of nitrogens with one attached hydrogen (secondary N) is 1. The standard InChI is InChI=1S/C31H48N2O3/c1-4-6-7-8-9-10-11-12-13-14-15-19-25-36-28-22-20-21-27(31(28)35-3)26-30(34)32-29(5-2)33-23-17-16-18-24-33/h16-18,20-24,29H,4-15,19,25-26H2,1-3H3/p+1. The molecule has 0 fully saturated rings. The molecular weight excluding hydrogens is 448 g/mol. The number of unbranched alkanes of at least 4 members (excludes halogenated alkanes) is 11. The highest BCUT2D eigenvalue weighted by Crippen LogP contribution is 2.31. The van der Waals surface area contributed by atoms with Crippen LogP contribution in [0.15, 0.2) is 48.8 Å². The monoisotopic (exact) mass is 497 g/mol. The van der Waals surface area contributed by atoms with Crippen LogP contribution in [-0.4, -0.2) is 19.6 Å². The lowest BCUT2D eigenvalue weighted by molar-refractivity contribution is -0.727. The Morgan fingerprint density at radius 2 is 1.44 bits per heavy atom. The van der Waals surface area contributed by atoms with Crippen LogP contribution in [0.1, 0.15) is 109 Å². The van der Waals surface area contributed by atoms with Gasteiger partial charge in [-0.05, 0) is 12.5 Å². The van der Waals surface area contributed by atoms with Crippen LogP contribution in [0, 0.1) is 0 Å². The van der Waals surface area contributed by atoms with Gasteiger partial charge in [-0.3, -0.25) is 10.1 Å². The molecule has 0 spiro atoms. The number of aromatic nitrogens is 1. The molecule has 0 aliphatic rings. The third-order valence-electron chi connectivity index (χ3n) is 6.68. The number of hydrogen-bond donors (Lipinski definition) is 1. The topological polar surface area (TPSA) is 51.4 Å². The summed E-state index contributed by atoms with van der Waals surface area (Å²) in [6, 6.07) is 11.7. The molecule has 0 aliphatic carbocycles. The molecule has 0 bridgehead atoms. The van der Waals surface area contributed by atoms with Crippen molar-refractivity contribution in [3.63, 3.8) is 0 Å². The van der Waals surface area contributed by atoms with Crippen LogP contribution < -0.4 is 19.4 Å². The number of benzene rings is 1. The number of para-hydroxylation sites is 1. The van der Waals surface area contributed by atoms with E-state index < -0.39 is 0 Å². The number of ether oxygens (including phenoxy) is 2. The minimum Gasteiger partial charge on any atom is -0.493 e. The molecule has 1 N–H and O–H groups in total. The van der Waals surface area contributed by atoms with Crippen molar-refractivity contribution in [1.82, 2.24) is 5.32 Å². The highest BCUT2D eigenvalue weighted by Gasteiger charge is 2.20. The molecule has 2 aromatic rings. The van der Waals surface area contributed by atoms with Crippen LogP contribution in [0.4, 0.5) is 0 Å². The fourth-order valence-corrected chi connectivity index (χ4v) is 4.59. The number of rotatable bonds is 20. The van der Waals surface area contributed by atoms with Crippen molar-refractivity contribution in [3.05, 3.63) is 54.4 Å². The van der Waals surface area contributed by atoms with Gasteiger partial charge in [0.05, 0.1) is 20.1 Å². The second-order valence-corrected chi connectivity index (χ2v) is 9.68. The first-order chi connectivity index (χ1) is 17.7. The third-order valence-corrected chi connectivity index (χ3v) is 6.68. The van der Waals surface area contributed by atoms with Gasteiger partial charge in [-0.1, -0.05) is 103 Å². The number of methoxy groups -OCH3 is 1. The third kappa shape index (κ3) is 11.5. The SMILES string of the molecule is CCCCCCCCCCCCCCOc1cccc(CC(=O)NC(CC)[n+]2ccccc2)c1OC. The van der Waals surface area contributed by atoms with Crippen LogP contribution in [0.3, 0.4) is 0 Å². The average molecular weight is 498 g/mol. The number of carbonyl (C=O) groups is 1. The second-order valence-electron chi connectivity index (χ2n) is 9.68. The van der Waals surface area contributed by atoms with E-state index in [1.807, 2.05) is 53.4 Å². The zero-order valence-electron chi connectivity index (χ0n) is 23.0. The molecule has 2 rings (SSSR count). The molecule has 5 heteroatoms. The smallest absolute Gasteiger partial charge is 0.233 e. The summed E-state index contributed by atoms with van der Waals surface area (Å²) in [4.78, 5) is 12.8. The molecule has 1 unspecified atom stereocenters. The van der Waals surface area contributed by atoms with Gasteiger partial charge in [0.2, 0.25) is 12.1 Å². The zero-order chi connectivity index (χ0) is 25.8. The normalized spacial score (nSPS) is 11.8. The lowest BCUT2D eigenvalue weighted by Gasteiger charge is -2.16. The van der Waals surface area contributed by atoms with Crippen molar-refractivity contribution >= 4 is 5.91 Å². The molecule has 1 atom stereocenters. The summed E-state index contributed by atoms with van der Waals surface area (Å²) in [5.74, 6) is 1.34. The van der Waals surface area contributed by atoms with E-state index in [9.17, 15) is 4.79 Å². The van der Waals surface area contributed by atoms with Crippen molar-refractivity contribution in [3.8, 4) is 11.5 Å². The van der Waals surface area contributed by atoms with Gasteiger partial charge < -0.3 is 9.47 Å². The molecular formula is C31H49N2O3+. The lowest BCUT2D eigenvalue weighted by Crippen LogP contribution is -2.49. The molecule has 0 radical (unpaired) electrons. The summed E-state index contributed by atoms with van der Waals surface area (Å²) < 4.78 is 13.7. The molecule has 1 aromatic heterocycles. The lowest BCUT2D eigenvalue weighted by atomic mass is 10.1. The Morgan fingerprint density at radius 1 is 0.833 bits per heavy atom. The Balaban J connectivity index is 1.69. The number of nitrogens with zero attached hydrogens (tertiary/aromatic N) is 1. The number of carbonyl (C=O) groups excluding carboxylic acids is 1. The molecule has 0 saturated carbocycles. The van der Waals surface area contributed by atoms with Gasteiger partial charge in [0, 0.05) is 24.1 Å². The van der Waals surface area contributed by atoms with E-state index >= 15 is 0 Å². The first kappa shape index (κ1) is 29.7. The molecule has 0 aliphatic heterocycles. The molecule has 1 amide bonds. The summed E-state index contributed by atoms with van der Waals surface area (Å²) in [5, 5.41) is 3.13. The minimum atomic E-state index is -0.0741. The molecule has 1 aromatic carbocycles. The van der Waals surface area contributed by atoms with Gasteiger partial charge >= 0.3 is 0 Å². The number of amides is 1. The Hall–Kier alpha value is -2.56. The fourth-order valence-electron chi connectivity index (χ4n) is 4.59. The first-order valence-corrected chi connectivity index (χ1v) is 14.2. The van der Waals surface area contributed by atoms with Crippen LogP contribution >= 0.6 is 0 Å². The Bertz CT molecular complexity index is 841. The van der Waals surface area contributed by atoms with Gasteiger partial charge in [-0.2, -0.15) is 4.57 Å². The maximum atomic E-state index is 12.8. The average Bonchev–Trinajstić information content (AvgIpc) is 2.90. The Kier molecular flexibility index (Phi) is 15.4. The van der Waals surface area contributed by atoms with Gasteiger partial charge in [0.15, 0.2) is 23.9 Å². The van der Waals surface area contributed by atoms with E-state index in [1.54, 1.807) is 7.11 Å². The summed E-state index contributed by atoms with van der Waals surface area (Å²) in [5.41, 5.74) is 0.843. The van der Waals surface area contributed by atoms with Crippen molar-refractivity contribution < 1.29 is 18.8 Å². The highest BCUT2D eigenvalue weighted by atomic mass is 16.5. The van der Waals surface area contributed by atoms with E-state index in [2.05, 4.69) is 19.2 Å².